The molecule has 42 heavy (non-hydrogen) atoms. The van der Waals surface area contributed by atoms with E-state index in [9.17, 15) is 19.7 Å². The SMILES string of the molecule is CCOC(=O)C1=C(C)N=c2s/c(=C\c3cc(OC)c(OC)cc3[N+](=O)[O-])c(=O)n2[C@H]1c1ccc(OC(C)C)c(OC)c1. The van der Waals surface area contributed by atoms with Crippen LogP contribution < -0.4 is 33.8 Å². The van der Waals surface area contributed by atoms with Crippen LogP contribution in [0.25, 0.3) is 6.08 Å². The second-order valence-corrected chi connectivity index (χ2v) is 10.4. The number of carbonyl (C=O) groups is 1. The van der Waals surface area contributed by atoms with Crippen molar-refractivity contribution < 1.29 is 33.4 Å². The zero-order valence-corrected chi connectivity index (χ0v) is 25.1. The average molecular weight is 598 g/mol. The maximum Gasteiger partial charge on any atom is 0.338 e. The summed E-state index contributed by atoms with van der Waals surface area (Å²) in [7, 11) is 4.28. The summed E-state index contributed by atoms with van der Waals surface area (Å²) in [5.74, 6) is 0.743. The highest BCUT2D eigenvalue weighted by molar-refractivity contribution is 7.07. The summed E-state index contributed by atoms with van der Waals surface area (Å²) in [6, 6.07) is 6.93. The predicted molar refractivity (Wildman–Crippen MR) is 155 cm³/mol. The van der Waals surface area contributed by atoms with Crippen molar-refractivity contribution in [1.29, 1.82) is 0 Å². The van der Waals surface area contributed by atoms with E-state index in [4.69, 9.17) is 23.7 Å². The Morgan fingerprint density at radius 1 is 1.10 bits per heavy atom. The van der Waals surface area contributed by atoms with Gasteiger partial charge in [-0.1, -0.05) is 17.4 Å². The first-order valence-corrected chi connectivity index (χ1v) is 13.8. The quantitative estimate of drug-likeness (QED) is 0.195. The monoisotopic (exact) mass is 597 g/mol. The molecule has 0 radical (unpaired) electrons. The van der Waals surface area contributed by atoms with E-state index >= 15 is 0 Å². The molecule has 0 N–H and O–H groups in total. The van der Waals surface area contributed by atoms with Crippen molar-refractivity contribution in [2.24, 2.45) is 4.99 Å². The molecule has 2 aromatic carbocycles. The lowest BCUT2D eigenvalue weighted by Crippen LogP contribution is -2.40. The molecule has 1 aromatic heterocycles. The van der Waals surface area contributed by atoms with Crippen LogP contribution in [0.15, 0.2) is 51.4 Å². The standard InChI is InChI=1S/C29H31N3O9S/c1-8-40-28(34)25-16(4)30-29-31(26(25)17-9-10-20(41-15(2)3)21(11-17)37-5)27(33)24(42-29)13-18-12-22(38-6)23(39-7)14-19(18)32(35)36/h9-15,26H,8H2,1-7H3/b24-13-/t26-/m0/s1. The maximum atomic E-state index is 14.0. The van der Waals surface area contributed by atoms with Crippen molar-refractivity contribution >= 4 is 29.1 Å². The molecule has 0 spiro atoms. The second-order valence-electron chi connectivity index (χ2n) is 9.40. The lowest BCUT2D eigenvalue weighted by Gasteiger charge is -2.25. The number of hydrogen-bond donors (Lipinski definition) is 0. The number of nitro benzene ring substituents is 1. The van der Waals surface area contributed by atoms with Gasteiger partial charge in [0, 0.05) is 0 Å². The van der Waals surface area contributed by atoms with Gasteiger partial charge in [0.25, 0.3) is 11.2 Å². The van der Waals surface area contributed by atoms with Crippen LogP contribution in [0.3, 0.4) is 0 Å². The van der Waals surface area contributed by atoms with Gasteiger partial charge in [-0.2, -0.15) is 0 Å². The first kappa shape index (κ1) is 30.3. The zero-order chi connectivity index (χ0) is 30.7. The van der Waals surface area contributed by atoms with Crippen LogP contribution >= 0.6 is 11.3 Å². The van der Waals surface area contributed by atoms with E-state index in [0.29, 0.717) is 27.6 Å². The number of esters is 1. The van der Waals surface area contributed by atoms with Gasteiger partial charge in [0.1, 0.15) is 0 Å². The molecule has 12 nitrogen and oxygen atoms in total. The second kappa shape index (κ2) is 12.5. The van der Waals surface area contributed by atoms with E-state index in [2.05, 4.69) is 4.99 Å². The van der Waals surface area contributed by atoms with E-state index in [1.807, 2.05) is 13.8 Å². The molecule has 3 aromatic rings. The fraction of sp³-hybridized carbons (Fsp3) is 0.345. The van der Waals surface area contributed by atoms with Gasteiger partial charge in [0.05, 0.1) is 72.4 Å². The zero-order valence-electron chi connectivity index (χ0n) is 24.3. The first-order valence-electron chi connectivity index (χ1n) is 13.0. The highest BCUT2D eigenvalue weighted by atomic mass is 32.1. The Morgan fingerprint density at radius 2 is 1.74 bits per heavy atom. The van der Waals surface area contributed by atoms with Crippen molar-refractivity contribution in [3.05, 3.63) is 82.5 Å². The Balaban J connectivity index is 1.99. The number of allylic oxidation sites excluding steroid dienone is 1. The van der Waals surface area contributed by atoms with Crippen molar-refractivity contribution in [2.45, 2.75) is 39.8 Å². The van der Waals surface area contributed by atoms with Crippen LogP contribution in [0.2, 0.25) is 0 Å². The maximum absolute atomic E-state index is 14.0. The molecule has 13 heteroatoms. The number of hydrogen-bond acceptors (Lipinski definition) is 11. The van der Waals surface area contributed by atoms with E-state index in [1.54, 1.807) is 32.0 Å². The number of benzene rings is 2. The fourth-order valence-corrected chi connectivity index (χ4v) is 5.65. The minimum absolute atomic E-state index is 0.111. The van der Waals surface area contributed by atoms with Crippen LogP contribution in [0.4, 0.5) is 5.69 Å². The molecule has 1 aliphatic heterocycles. The number of fused-ring (bicyclic) bond motifs is 1. The van der Waals surface area contributed by atoms with Gasteiger partial charge in [-0.25, -0.2) is 9.79 Å². The molecular formula is C29H31N3O9S. The van der Waals surface area contributed by atoms with Crippen molar-refractivity contribution in [3.63, 3.8) is 0 Å². The highest BCUT2D eigenvalue weighted by Crippen LogP contribution is 2.37. The van der Waals surface area contributed by atoms with Crippen molar-refractivity contribution in [2.75, 3.05) is 27.9 Å². The number of methoxy groups -OCH3 is 3. The molecule has 0 amide bonds. The summed E-state index contributed by atoms with van der Waals surface area (Å²) in [4.78, 5) is 43.4. The van der Waals surface area contributed by atoms with Crippen LogP contribution in [-0.4, -0.2) is 49.5 Å². The Morgan fingerprint density at radius 3 is 2.33 bits per heavy atom. The third-order valence-electron chi connectivity index (χ3n) is 6.40. The lowest BCUT2D eigenvalue weighted by atomic mass is 9.95. The molecule has 1 aliphatic rings. The summed E-state index contributed by atoms with van der Waals surface area (Å²) in [6.07, 6.45) is 1.30. The van der Waals surface area contributed by atoms with E-state index < -0.39 is 22.5 Å². The summed E-state index contributed by atoms with van der Waals surface area (Å²) in [5, 5.41) is 11.9. The smallest absolute Gasteiger partial charge is 0.338 e. The van der Waals surface area contributed by atoms with Gasteiger partial charge in [-0.05, 0) is 57.5 Å². The van der Waals surface area contributed by atoms with Crippen molar-refractivity contribution in [3.8, 4) is 23.0 Å². The summed E-state index contributed by atoms with van der Waals surface area (Å²) in [6.45, 7) is 7.26. The van der Waals surface area contributed by atoms with Crippen LogP contribution in [0.5, 0.6) is 23.0 Å². The van der Waals surface area contributed by atoms with Gasteiger partial charge < -0.3 is 23.7 Å². The Hall–Kier alpha value is -4.65. The lowest BCUT2D eigenvalue weighted by molar-refractivity contribution is -0.385. The number of carbonyl (C=O) groups excluding carboxylic acids is 1. The molecule has 2 heterocycles. The molecule has 0 bridgehead atoms. The number of nitro groups is 1. The number of aromatic nitrogens is 1. The first-order chi connectivity index (χ1) is 20.0. The topological polar surface area (TPSA) is 141 Å². The fourth-order valence-electron chi connectivity index (χ4n) is 4.61. The van der Waals surface area contributed by atoms with Crippen LogP contribution in [-0.2, 0) is 9.53 Å². The Bertz CT molecular complexity index is 1750. The Kier molecular flexibility index (Phi) is 9.00. The number of ether oxygens (including phenoxy) is 5. The molecular weight excluding hydrogens is 566 g/mol. The molecule has 0 aliphatic carbocycles. The molecule has 0 saturated heterocycles. The largest absolute Gasteiger partial charge is 0.493 e. The van der Waals surface area contributed by atoms with Crippen molar-refractivity contribution in [1.82, 2.24) is 4.57 Å². The number of rotatable bonds is 10. The van der Waals surface area contributed by atoms with Crippen LogP contribution in [0.1, 0.15) is 44.9 Å². The van der Waals surface area contributed by atoms with Crippen LogP contribution in [0, 0.1) is 10.1 Å². The summed E-state index contributed by atoms with van der Waals surface area (Å²) >= 11 is 1.04. The molecule has 222 valence electrons. The van der Waals surface area contributed by atoms with E-state index in [-0.39, 0.29) is 45.6 Å². The third-order valence-corrected chi connectivity index (χ3v) is 7.38. The minimum Gasteiger partial charge on any atom is -0.493 e. The van der Waals surface area contributed by atoms with E-state index in [1.165, 1.54) is 44.1 Å². The minimum atomic E-state index is -0.912. The van der Waals surface area contributed by atoms with Gasteiger partial charge >= 0.3 is 5.97 Å². The molecule has 0 fully saturated rings. The third kappa shape index (κ3) is 5.73. The Labute approximate surface area is 245 Å². The van der Waals surface area contributed by atoms with Gasteiger partial charge in [0.15, 0.2) is 27.8 Å². The van der Waals surface area contributed by atoms with Gasteiger partial charge in [-0.15, -0.1) is 0 Å². The van der Waals surface area contributed by atoms with Gasteiger partial charge in [-0.3, -0.25) is 19.5 Å². The number of thiazole rings is 1. The van der Waals surface area contributed by atoms with E-state index in [0.717, 1.165) is 11.3 Å². The molecule has 4 rings (SSSR count). The highest BCUT2D eigenvalue weighted by Gasteiger charge is 2.34. The summed E-state index contributed by atoms with van der Waals surface area (Å²) in [5.41, 5.74) is 0.493. The van der Waals surface area contributed by atoms with Gasteiger partial charge in [0.2, 0.25) is 0 Å². The summed E-state index contributed by atoms with van der Waals surface area (Å²) < 4.78 is 28.9. The molecule has 0 saturated carbocycles. The number of nitrogens with zero attached hydrogens (tertiary/aromatic N) is 3. The normalized spacial score (nSPS) is 14.8. The molecule has 1 atom stereocenters. The predicted octanol–water partition coefficient (Wildman–Crippen LogP) is 3.52. The average Bonchev–Trinajstić information content (AvgIpc) is 3.25. The molecule has 0 unspecified atom stereocenters.